The molecule has 0 unspecified atom stereocenters. The van der Waals surface area contributed by atoms with E-state index in [4.69, 9.17) is 92.8 Å². The van der Waals surface area contributed by atoms with Crippen molar-refractivity contribution < 1.29 is 74.4 Å². The van der Waals surface area contributed by atoms with Gasteiger partial charge in [0, 0.05) is 204 Å². The molecule has 0 aliphatic carbocycles. The molecule has 4 N–H and O–H groups in total. The Balaban J connectivity index is 0.000000187. The Labute approximate surface area is 774 Å². The molecule has 28 nitrogen and oxygen atoms in total. The van der Waals surface area contributed by atoms with Crippen LogP contribution in [0.3, 0.4) is 0 Å². The van der Waals surface area contributed by atoms with E-state index in [0.717, 1.165) is 46.8 Å². The highest BCUT2D eigenvalue weighted by Gasteiger charge is 2.52. The molecule has 0 radical (unpaired) electrons. The number of nitrogens with one attached hydrogen (secondary N) is 4. The molecule has 8 aliphatic rings. The lowest BCUT2D eigenvalue weighted by Crippen LogP contribution is -2.53. The van der Waals surface area contributed by atoms with E-state index in [1.807, 2.05) is 84.7 Å². The van der Waals surface area contributed by atoms with Gasteiger partial charge in [-0.05, 0) is 148 Å². The second-order valence-corrected chi connectivity index (χ2v) is 43.3. The van der Waals surface area contributed by atoms with E-state index in [2.05, 4.69) is 40.9 Å². The topological polar surface area (TPSA) is 347 Å². The van der Waals surface area contributed by atoms with Crippen LogP contribution in [-0.4, -0.2) is 282 Å². The van der Waals surface area contributed by atoms with E-state index in [9.17, 15) is 74.4 Å². The molecule has 8 fully saturated rings. The summed E-state index contributed by atoms with van der Waals surface area (Å²) in [7, 11) is -6.66. The number of nitrogens with zero attached hydrogens (tertiary/aromatic N) is 8. The molecule has 40 heteroatoms. The number of hydrogen-bond donors (Lipinski definition) is 4. The molecule has 8 aliphatic heterocycles. The van der Waals surface area contributed by atoms with E-state index in [1.54, 1.807) is 71.4 Å². The van der Waals surface area contributed by atoms with Crippen LogP contribution in [0.4, 0.5) is 22.7 Å². The number of carbonyl (C=O) groups excluding carboxylic acids is 12. The van der Waals surface area contributed by atoms with Crippen LogP contribution < -0.4 is 40.9 Å². The Hall–Kier alpha value is -6.56. The third-order valence-electron chi connectivity index (χ3n) is 23.7. The molecule has 4 aromatic carbocycles. The molecule has 8 saturated heterocycles. The molecule has 0 saturated carbocycles. The third kappa shape index (κ3) is 27.7. The van der Waals surface area contributed by atoms with Gasteiger partial charge in [0.1, 0.15) is 41.8 Å². The van der Waals surface area contributed by atoms with Gasteiger partial charge in [-0.3, -0.25) is 57.5 Å². The van der Waals surface area contributed by atoms with Crippen molar-refractivity contribution in [2.45, 2.75) is 127 Å². The molecule has 8 heterocycles. The molecular weight excluding hydrogens is 1840 g/mol. The Bertz CT molecular complexity index is 4520. The minimum absolute atomic E-state index is 0.0243. The number of ketones is 4. The maximum absolute atomic E-state index is 13.1. The molecule has 8 atom stereocenters. The fourth-order valence-corrected chi connectivity index (χ4v) is 21.8. The van der Waals surface area contributed by atoms with Crippen molar-refractivity contribution in [2.75, 3.05) is 172 Å². The van der Waals surface area contributed by atoms with Crippen LogP contribution in [0.2, 0.25) is 40.2 Å². The number of piperazine rings is 4. The second-order valence-electron chi connectivity index (χ2n) is 33.3. The van der Waals surface area contributed by atoms with Crippen LogP contribution in [0.1, 0.15) is 105 Å². The van der Waals surface area contributed by atoms with Crippen LogP contribution in [-0.2, 0) is 77.2 Å². The summed E-state index contributed by atoms with van der Waals surface area (Å²) in [5.74, 6) is -3.19. The average Bonchev–Trinajstić information content (AvgIpc) is 1.63. The van der Waals surface area contributed by atoms with Crippen LogP contribution in [0, 0.1) is 23.7 Å². The summed E-state index contributed by atoms with van der Waals surface area (Å²) in [5.41, 5.74) is -0.763. The summed E-state index contributed by atoms with van der Waals surface area (Å²) in [6, 6.07) is 21.5. The molecule has 124 heavy (non-hydrogen) atoms. The molecule has 0 bridgehead atoms. The average molecular weight is 1950 g/mol. The van der Waals surface area contributed by atoms with Gasteiger partial charge in [-0.15, -0.1) is 0 Å². The van der Waals surface area contributed by atoms with Crippen LogP contribution in [0.15, 0.2) is 72.8 Å². The minimum atomic E-state index is -3.33. The maximum atomic E-state index is 13.1. The van der Waals surface area contributed by atoms with Crippen molar-refractivity contribution in [3.8, 4) is 0 Å². The first-order valence-electron chi connectivity index (χ1n) is 40.9. The number of carbonyl (C=O) groups is 12. The van der Waals surface area contributed by atoms with Gasteiger partial charge >= 0.3 is 0 Å². The van der Waals surface area contributed by atoms with Crippen molar-refractivity contribution in [1.82, 2.24) is 40.9 Å². The van der Waals surface area contributed by atoms with Gasteiger partial charge in [-0.25, -0.2) is 16.8 Å². The summed E-state index contributed by atoms with van der Waals surface area (Å²) >= 11 is 52.0. The largest absolute Gasteiger partial charge is 0.368 e. The summed E-state index contributed by atoms with van der Waals surface area (Å²) in [5, 5.41) is 15.6. The number of benzene rings is 4. The predicted molar refractivity (Wildman–Crippen MR) is 493 cm³/mol. The van der Waals surface area contributed by atoms with Gasteiger partial charge in [0.05, 0.1) is 37.2 Å². The molecule has 4 aromatic rings. The molecule has 0 aromatic heterocycles. The maximum Gasteiger partial charge on any atom is 0.228 e. The molecule has 12 rings (SSSR count). The molecule has 0 spiro atoms. The fourth-order valence-electron chi connectivity index (χ4n) is 17.2. The van der Waals surface area contributed by atoms with Gasteiger partial charge in [0.25, 0.3) is 0 Å². The van der Waals surface area contributed by atoms with Gasteiger partial charge in [0.15, 0.2) is 23.1 Å². The Morgan fingerprint density at radius 1 is 0.323 bits per heavy atom. The highest BCUT2D eigenvalue weighted by atomic mass is 35.5. The quantitative estimate of drug-likeness (QED) is 0.0384. The van der Waals surface area contributed by atoms with Gasteiger partial charge in [-0.1, -0.05) is 121 Å². The number of amides is 8. The van der Waals surface area contributed by atoms with E-state index < -0.39 is 65.5 Å². The SMILES string of the molecule is CSCC[C@@]1(C[C@@H](C)C(=O)N2CCN(c3cc(Cl)cc(Cl)c3)CC2)NC(=O)CC1=O.CSCC[C@]1(C[C@H](C)C(=O)N2CCN(c3cc(Cl)cc(Cl)c3)CC2)NC(=O)CC1=O.C[C@@H](C[C@@]1(CCS(C)(=O)=O)NC(=O)CC1=O)C(=O)N1CCN(c2cc(Cl)cc(Cl)c2)CC1.C[C@H](C[C@]1(CCS(C)(=O)=O)NC(=O)CC1=O)C(=O)N1CCN(c2cc(Cl)cc(Cl)c2)CC1. The van der Waals surface area contributed by atoms with Gasteiger partial charge in [-0.2, -0.15) is 23.5 Å². The Kier molecular flexibility index (Phi) is 36.0. The summed E-state index contributed by atoms with van der Waals surface area (Å²) in [4.78, 5) is 166. The number of halogens is 8. The first kappa shape index (κ1) is 101. The lowest BCUT2D eigenvalue weighted by Gasteiger charge is -2.38. The fraction of sp³-hybridized carbons (Fsp3) is 0.571. The van der Waals surface area contributed by atoms with Crippen molar-refractivity contribution in [3.63, 3.8) is 0 Å². The van der Waals surface area contributed by atoms with Crippen molar-refractivity contribution in [1.29, 1.82) is 0 Å². The highest BCUT2D eigenvalue weighted by Crippen LogP contribution is 2.38. The van der Waals surface area contributed by atoms with Crippen LogP contribution >= 0.6 is 116 Å². The second kappa shape index (κ2) is 44.2. The normalized spacial score (nSPS) is 22.8. The van der Waals surface area contributed by atoms with E-state index in [0.29, 0.717) is 171 Å². The van der Waals surface area contributed by atoms with E-state index in [-0.39, 0.29) is 133 Å². The lowest BCUT2D eigenvalue weighted by atomic mass is 9.83. The zero-order valence-electron chi connectivity index (χ0n) is 70.6. The van der Waals surface area contributed by atoms with Crippen LogP contribution in [0.5, 0.6) is 0 Å². The van der Waals surface area contributed by atoms with Crippen molar-refractivity contribution >= 4 is 229 Å². The number of anilines is 4. The monoisotopic (exact) mass is 1950 g/mol. The van der Waals surface area contributed by atoms with Crippen molar-refractivity contribution in [3.05, 3.63) is 113 Å². The predicted octanol–water partition coefficient (Wildman–Crippen LogP) is 10.4. The highest BCUT2D eigenvalue weighted by molar-refractivity contribution is 7.98. The number of Topliss-reactive ketones (excluding diaryl/α,β-unsaturated/α-hetero) is 4. The van der Waals surface area contributed by atoms with Gasteiger partial charge in [0.2, 0.25) is 47.3 Å². The summed E-state index contributed by atoms with van der Waals surface area (Å²) in [6.45, 7) is 16.6. The zero-order valence-corrected chi connectivity index (χ0v) is 79.9. The number of sulfone groups is 2. The minimum Gasteiger partial charge on any atom is -0.368 e. The first-order chi connectivity index (χ1) is 58.2. The Morgan fingerprint density at radius 3 is 0.653 bits per heavy atom. The number of rotatable bonds is 28. The Morgan fingerprint density at radius 2 is 0.500 bits per heavy atom. The van der Waals surface area contributed by atoms with Crippen LogP contribution in [0.25, 0.3) is 0 Å². The van der Waals surface area contributed by atoms with E-state index >= 15 is 0 Å². The molecule has 8 amide bonds. The smallest absolute Gasteiger partial charge is 0.228 e. The summed E-state index contributed by atoms with van der Waals surface area (Å²) in [6.07, 6.45) is 7.27. The first-order valence-corrected chi connectivity index (χ1v) is 50.9. The third-order valence-corrected chi connectivity index (χ3v) is 28.6. The van der Waals surface area contributed by atoms with E-state index in [1.165, 1.54) is 0 Å². The number of thioether (sulfide) groups is 2. The lowest BCUT2D eigenvalue weighted by molar-refractivity contribution is -0.137. The standard InChI is InChI=1S/2C21H27Cl2N3O5S.2C21H27Cl2N3O3S/c2*1-14(13-21(3-8-32(2,30)31)18(27)12-19(28)24-21)20(29)26-6-4-25(5-7-26)17-10-15(22)9-16(23)11-17;2*1-14(13-21(3-8-30-2)18(27)12-19(28)24-21)20(29)26-6-4-25(5-7-26)17-10-15(22)9-16(23)11-17/h2*9-11,14H,3-8,12-13H2,1-2H3,(H,24,28);2*9-11,14H,3-8,12-13H2,1-2H3,(H,24,28)/t4*14-,21+/m1010/s1. The summed E-state index contributed by atoms with van der Waals surface area (Å²) < 4.78 is 46.6. The van der Waals surface area contributed by atoms with Crippen molar-refractivity contribution in [2.24, 2.45) is 23.7 Å². The van der Waals surface area contributed by atoms with Gasteiger partial charge < -0.3 is 60.5 Å². The molecule has 680 valence electrons. The molecular formula is C84H108Cl8N12O16S4. The number of hydrogen-bond acceptors (Lipinski definition) is 22. The zero-order chi connectivity index (χ0) is 91.1.